The molecule has 1 aliphatic carbocycles. The number of nitrogens with one attached hydrogen (secondary N) is 1. The number of anilines is 1. The third kappa shape index (κ3) is 1.32. The lowest BCUT2D eigenvalue weighted by Gasteiger charge is -2.29. The van der Waals surface area contributed by atoms with Gasteiger partial charge < -0.3 is 5.32 Å². The molecule has 0 spiro atoms. The fraction of sp³-hybridized carbons (Fsp3) is 0.333. The van der Waals surface area contributed by atoms with Crippen molar-refractivity contribution in [3.63, 3.8) is 0 Å². The first-order valence-corrected chi connectivity index (χ1v) is 5.06. The largest absolute Gasteiger partial charge is 0.419 e. The van der Waals surface area contributed by atoms with Crippen LogP contribution in [0.3, 0.4) is 0 Å². The van der Waals surface area contributed by atoms with E-state index in [2.05, 4.69) is 10.3 Å². The Morgan fingerprint density at radius 2 is 2.24 bits per heavy atom. The van der Waals surface area contributed by atoms with Crippen molar-refractivity contribution < 1.29 is 13.2 Å². The topological polar surface area (TPSA) is 46.9 Å². The number of aromatic nitrogens is 2. The van der Waals surface area contributed by atoms with Crippen LogP contribution in [0.5, 0.6) is 0 Å². The minimum atomic E-state index is -4.44. The van der Waals surface area contributed by atoms with Gasteiger partial charge in [0, 0.05) is 6.07 Å². The van der Waals surface area contributed by atoms with Gasteiger partial charge in [0.25, 0.3) is 5.56 Å². The lowest BCUT2D eigenvalue weighted by molar-refractivity contribution is -0.147. The summed E-state index contributed by atoms with van der Waals surface area (Å²) in [6.45, 7) is -0.106. The van der Waals surface area contributed by atoms with Crippen LogP contribution < -0.4 is 10.9 Å². The first-order chi connectivity index (χ1) is 7.83. The van der Waals surface area contributed by atoms with Crippen LogP contribution in [-0.2, 0) is 6.54 Å². The van der Waals surface area contributed by atoms with Gasteiger partial charge in [-0.05, 0) is 11.6 Å². The minimum absolute atomic E-state index is 0.106. The summed E-state index contributed by atoms with van der Waals surface area (Å²) in [6, 6.07) is 1.07. The molecule has 3 rings (SSSR count). The molecule has 0 aromatic carbocycles. The molecule has 0 amide bonds. The van der Waals surface area contributed by atoms with E-state index in [1.54, 1.807) is 0 Å². The minimum Gasteiger partial charge on any atom is -0.335 e. The second-order valence-electron chi connectivity index (χ2n) is 3.93. The molecular formula is C9H5ClF3N3O. The SMILES string of the molecule is O=c1cc(Cl)nc2n1CC1=C[C@]1(C(F)(F)F)N2. The molecule has 8 heteroatoms. The van der Waals surface area contributed by atoms with Crippen LogP contribution >= 0.6 is 11.6 Å². The Morgan fingerprint density at radius 1 is 1.53 bits per heavy atom. The molecule has 0 saturated heterocycles. The van der Waals surface area contributed by atoms with E-state index in [1.807, 2.05) is 0 Å². The summed E-state index contributed by atoms with van der Waals surface area (Å²) in [5.41, 5.74) is -2.48. The molecule has 0 fully saturated rings. The van der Waals surface area contributed by atoms with Crippen molar-refractivity contribution in [2.45, 2.75) is 18.3 Å². The molecule has 4 nitrogen and oxygen atoms in total. The molecule has 2 aliphatic rings. The van der Waals surface area contributed by atoms with Gasteiger partial charge in [-0.3, -0.25) is 9.36 Å². The highest BCUT2D eigenvalue weighted by Crippen LogP contribution is 2.52. The van der Waals surface area contributed by atoms with Gasteiger partial charge in [0.15, 0.2) is 5.54 Å². The van der Waals surface area contributed by atoms with Crippen molar-refractivity contribution in [3.8, 4) is 0 Å². The third-order valence-electron chi connectivity index (χ3n) is 2.88. The van der Waals surface area contributed by atoms with Crippen LogP contribution in [0.2, 0.25) is 5.15 Å². The van der Waals surface area contributed by atoms with E-state index >= 15 is 0 Å². The van der Waals surface area contributed by atoms with Gasteiger partial charge >= 0.3 is 6.18 Å². The summed E-state index contributed by atoms with van der Waals surface area (Å²) in [4.78, 5) is 15.2. The Hall–Kier alpha value is -1.50. The van der Waals surface area contributed by atoms with Gasteiger partial charge in [-0.1, -0.05) is 11.6 Å². The Bertz CT molecular complexity index is 606. The molecule has 2 heterocycles. The van der Waals surface area contributed by atoms with Gasteiger partial charge in [-0.15, -0.1) is 0 Å². The Labute approximate surface area is 97.7 Å². The van der Waals surface area contributed by atoms with Crippen molar-refractivity contribution in [1.82, 2.24) is 9.55 Å². The molecule has 1 N–H and O–H groups in total. The molecule has 90 valence electrons. The third-order valence-corrected chi connectivity index (χ3v) is 3.07. The van der Waals surface area contributed by atoms with Crippen LogP contribution in [-0.4, -0.2) is 21.3 Å². The van der Waals surface area contributed by atoms with Gasteiger partial charge in [0.05, 0.1) is 6.54 Å². The molecule has 1 aromatic heterocycles. The van der Waals surface area contributed by atoms with Crippen LogP contribution in [0.25, 0.3) is 0 Å². The van der Waals surface area contributed by atoms with E-state index in [0.29, 0.717) is 0 Å². The highest BCUT2D eigenvalue weighted by molar-refractivity contribution is 6.29. The van der Waals surface area contributed by atoms with Gasteiger partial charge in [-0.2, -0.15) is 13.2 Å². The van der Waals surface area contributed by atoms with E-state index in [1.165, 1.54) is 0 Å². The summed E-state index contributed by atoms with van der Waals surface area (Å²) in [6.07, 6.45) is -3.39. The number of alkyl halides is 3. The predicted octanol–water partition coefficient (Wildman–Crippen LogP) is 1.56. The molecule has 1 aliphatic heterocycles. The molecule has 0 saturated carbocycles. The van der Waals surface area contributed by atoms with E-state index in [4.69, 9.17) is 11.6 Å². The summed E-state index contributed by atoms with van der Waals surface area (Å²) < 4.78 is 39.5. The number of halogens is 4. The van der Waals surface area contributed by atoms with E-state index in [9.17, 15) is 18.0 Å². The van der Waals surface area contributed by atoms with Crippen LogP contribution in [0.1, 0.15) is 0 Å². The Morgan fingerprint density at radius 3 is 2.88 bits per heavy atom. The second-order valence-corrected chi connectivity index (χ2v) is 4.31. The van der Waals surface area contributed by atoms with Gasteiger partial charge in [-0.25, -0.2) is 4.98 Å². The predicted molar refractivity (Wildman–Crippen MR) is 54.0 cm³/mol. The van der Waals surface area contributed by atoms with Gasteiger partial charge in [0.1, 0.15) is 5.15 Å². The quantitative estimate of drug-likeness (QED) is 0.571. The van der Waals surface area contributed by atoms with Crippen LogP contribution in [0.15, 0.2) is 22.5 Å². The van der Waals surface area contributed by atoms with Crippen LogP contribution in [0, 0.1) is 0 Å². The van der Waals surface area contributed by atoms with Gasteiger partial charge in [0.2, 0.25) is 5.95 Å². The number of nitrogens with zero attached hydrogens (tertiary/aromatic N) is 2. The first-order valence-electron chi connectivity index (χ1n) is 4.68. The monoisotopic (exact) mass is 263 g/mol. The second kappa shape index (κ2) is 2.84. The summed E-state index contributed by atoms with van der Waals surface area (Å²) in [5, 5.41) is 2.09. The highest BCUT2D eigenvalue weighted by Gasteiger charge is 2.66. The van der Waals surface area contributed by atoms with Crippen molar-refractivity contribution >= 4 is 17.5 Å². The molecule has 0 bridgehead atoms. The zero-order valence-corrected chi connectivity index (χ0v) is 8.93. The Balaban J connectivity index is 2.09. The number of hydrogen-bond acceptors (Lipinski definition) is 3. The fourth-order valence-corrected chi connectivity index (χ4v) is 2.09. The molecule has 1 aromatic rings. The zero-order chi connectivity index (χ0) is 12.4. The number of rotatable bonds is 0. The Kier molecular flexibility index (Phi) is 1.78. The molecule has 0 unspecified atom stereocenters. The number of hydrogen-bond donors (Lipinski definition) is 1. The molecule has 1 atom stereocenters. The first kappa shape index (κ1) is 10.6. The highest BCUT2D eigenvalue weighted by atomic mass is 35.5. The molecular weight excluding hydrogens is 259 g/mol. The van der Waals surface area contributed by atoms with Crippen molar-refractivity contribution in [2.75, 3.05) is 5.32 Å². The zero-order valence-electron chi connectivity index (χ0n) is 8.18. The fourth-order valence-electron chi connectivity index (χ4n) is 1.92. The standard InChI is InChI=1S/C9H5ClF3N3O/c10-5-1-6(17)16-3-4-2-8(4,9(11,12)13)15-7(16)14-5/h1-2H,3H2,(H,14,15)/t8-/m0/s1. The molecule has 17 heavy (non-hydrogen) atoms. The lowest BCUT2D eigenvalue weighted by atomic mass is 10.1. The summed E-state index contributed by atoms with van der Waals surface area (Å²) >= 11 is 5.54. The summed E-state index contributed by atoms with van der Waals surface area (Å²) in [5.74, 6) is -0.155. The van der Waals surface area contributed by atoms with E-state index in [0.717, 1.165) is 16.7 Å². The maximum Gasteiger partial charge on any atom is 0.419 e. The molecule has 0 radical (unpaired) electrons. The smallest absolute Gasteiger partial charge is 0.335 e. The average Bonchev–Trinajstić information content (AvgIpc) is 2.88. The van der Waals surface area contributed by atoms with E-state index < -0.39 is 17.3 Å². The normalized spacial score (nSPS) is 25.5. The van der Waals surface area contributed by atoms with Crippen LogP contribution in [0.4, 0.5) is 19.1 Å². The summed E-state index contributed by atoms with van der Waals surface area (Å²) in [7, 11) is 0. The van der Waals surface area contributed by atoms with E-state index in [-0.39, 0.29) is 23.2 Å². The maximum atomic E-state index is 12.8. The maximum absolute atomic E-state index is 12.8. The van der Waals surface area contributed by atoms with Crippen molar-refractivity contribution in [2.24, 2.45) is 0 Å². The number of fused-ring (bicyclic) bond motifs is 2. The average molecular weight is 264 g/mol. The van der Waals surface area contributed by atoms with Crippen molar-refractivity contribution in [3.05, 3.63) is 33.2 Å². The lowest BCUT2D eigenvalue weighted by Crippen LogP contribution is -2.47. The van der Waals surface area contributed by atoms with Crippen molar-refractivity contribution in [1.29, 1.82) is 0 Å².